The first kappa shape index (κ1) is 110. The molecule has 5 heterocycles. The fourth-order valence-electron chi connectivity index (χ4n) is 14.8. The Morgan fingerprint density at radius 1 is 0.543 bits per heavy atom. The number of carbonyl (C=O) groups is 11. The highest BCUT2D eigenvalue weighted by Crippen LogP contribution is 2.45. The van der Waals surface area contributed by atoms with Crippen LogP contribution in [0.2, 0.25) is 0 Å². The van der Waals surface area contributed by atoms with E-state index in [2.05, 4.69) is 10.6 Å². The second kappa shape index (κ2) is 51.1. The van der Waals surface area contributed by atoms with Crippen molar-refractivity contribution >= 4 is 101 Å². The molecule has 0 bridgehead atoms. The van der Waals surface area contributed by atoms with Crippen LogP contribution < -0.4 is 31.6 Å². The van der Waals surface area contributed by atoms with Crippen LogP contribution in [0.25, 0.3) is 0 Å². The molecule has 6 aromatic carbocycles. The van der Waals surface area contributed by atoms with E-state index in [4.69, 9.17) is 166 Å². The summed E-state index contributed by atoms with van der Waals surface area (Å²) in [5.41, 5.74) is 16.9. The van der Waals surface area contributed by atoms with Crippen LogP contribution in [0.3, 0.4) is 0 Å². The summed E-state index contributed by atoms with van der Waals surface area (Å²) in [4.78, 5) is 144. The Labute approximate surface area is 799 Å². The number of alkyl halides is 9. The minimum Gasteiger partial charge on any atom is -0.497 e. The molecule has 6 aromatic rings. The summed E-state index contributed by atoms with van der Waals surface area (Å²) in [7, 11) is 2.42. The zero-order valence-electron chi connectivity index (χ0n) is 74.5. The summed E-state index contributed by atoms with van der Waals surface area (Å²) >= 11 is 18.7. The lowest BCUT2D eigenvalue weighted by Crippen LogP contribution is -2.75. The third-order valence-electron chi connectivity index (χ3n) is 20.9. The number of esters is 7. The van der Waals surface area contributed by atoms with Gasteiger partial charge < -0.3 is 137 Å². The maximum Gasteiger partial charge on any atom is 0.490 e. The predicted octanol–water partition coefficient (Wildman–Crippen LogP) is 7.82. The van der Waals surface area contributed by atoms with Crippen LogP contribution in [0.5, 0.6) is 11.5 Å². The third kappa shape index (κ3) is 32.4. The van der Waals surface area contributed by atoms with E-state index in [1.165, 1.54) is 31.4 Å². The highest BCUT2D eigenvalue weighted by atomic mass is 35.6. The molecule has 48 heteroatoms. The maximum atomic E-state index is 15.9. The number of amides is 2. The van der Waals surface area contributed by atoms with Crippen molar-refractivity contribution in [2.24, 2.45) is 11.5 Å². The smallest absolute Gasteiger partial charge is 0.490 e. The molecule has 22 atom stereocenters. The molecule has 0 radical (unpaired) electrons. The van der Waals surface area contributed by atoms with Gasteiger partial charge in [-0.2, -0.15) is 26.3 Å². The van der Waals surface area contributed by atoms with Gasteiger partial charge in [0.1, 0.15) is 104 Å². The van der Waals surface area contributed by atoms with Gasteiger partial charge in [0.05, 0.1) is 84.3 Å². The van der Waals surface area contributed by atoms with Crippen molar-refractivity contribution in [3.8, 4) is 11.5 Å². The minimum atomic E-state index is -5.08. The van der Waals surface area contributed by atoms with Crippen LogP contribution in [0.4, 0.5) is 31.1 Å². The second-order valence-corrected chi connectivity index (χ2v) is 33.7. The monoisotopic (exact) mass is 2020 g/mol. The van der Waals surface area contributed by atoms with Crippen molar-refractivity contribution in [2.45, 2.75) is 224 Å². The topological polar surface area (TPSA) is 518 Å². The predicted molar refractivity (Wildman–Crippen MR) is 460 cm³/mol. The summed E-state index contributed by atoms with van der Waals surface area (Å²) in [6.07, 6.45) is -43.9. The summed E-state index contributed by atoms with van der Waals surface area (Å²) < 4.78 is 195. The molecule has 0 aliphatic carbocycles. The number of hydrogen-bond donors (Lipinski definition) is 7. The molecule has 0 saturated carbocycles. The third-order valence-corrected chi connectivity index (χ3v) is 21.2. The molecular formula is C90H101Cl3F6N4O35. The number of nitrogens with two attached hydrogens (primary N) is 2. The Morgan fingerprint density at radius 2 is 1.02 bits per heavy atom. The number of ether oxygens (including phenoxy) is 21. The van der Waals surface area contributed by atoms with Gasteiger partial charge in [0.2, 0.25) is 10.1 Å². The van der Waals surface area contributed by atoms with E-state index in [0.29, 0.717) is 28.2 Å². The molecule has 1 spiro atoms. The van der Waals surface area contributed by atoms with Crippen LogP contribution in [0, 0.1) is 0 Å². The first-order valence-corrected chi connectivity index (χ1v) is 43.2. The number of benzene rings is 6. The molecule has 754 valence electrons. The summed E-state index contributed by atoms with van der Waals surface area (Å²) in [6.45, 7) is 1.27. The van der Waals surface area contributed by atoms with Crippen LogP contribution in [-0.2, 0) is 160 Å². The maximum absolute atomic E-state index is 15.9. The highest BCUT2D eigenvalue weighted by molar-refractivity contribution is 6.67. The Morgan fingerprint density at radius 3 is 1.51 bits per heavy atom. The first-order chi connectivity index (χ1) is 65.3. The molecule has 5 fully saturated rings. The van der Waals surface area contributed by atoms with Crippen molar-refractivity contribution in [3.63, 3.8) is 0 Å². The number of alkyl carbamates (subject to hydrolysis) is 1. The Hall–Kier alpha value is -11.2. The van der Waals surface area contributed by atoms with E-state index in [1.54, 1.807) is 60.7 Å². The molecule has 11 rings (SSSR count). The number of carbonyl (C=O) groups excluding carboxylic acids is 9. The second-order valence-electron chi connectivity index (χ2n) is 31.2. The van der Waals surface area contributed by atoms with Crippen molar-refractivity contribution in [1.82, 2.24) is 10.6 Å². The van der Waals surface area contributed by atoms with E-state index < -0.39 is 255 Å². The Balaban J connectivity index is 0.00000141. The molecule has 5 aliphatic heterocycles. The molecule has 39 nitrogen and oxygen atoms in total. The average molecular weight is 2020 g/mol. The molecular weight excluding hydrogens is 1920 g/mol. The Kier molecular flexibility index (Phi) is 40.9. The van der Waals surface area contributed by atoms with Gasteiger partial charge in [-0.1, -0.05) is 174 Å². The van der Waals surface area contributed by atoms with Gasteiger partial charge in [0.15, 0.2) is 24.6 Å². The molecule has 0 aromatic heterocycles. The SMILES string of the molecule is COC(=O)[C@@]1(O[C@H]2[C@@H](O)[C@@H](COCc3ccccc3)O[C@@H](O[C@H]3[C@H](OCc4ccccc4)[C@@H](OCc4ccccc4)[C@H](Oc4ccc(OC)cc4)O[C@@H]3COCc3ccccc3)[C@@H]2NC(=O)OCC(Cl)(Cl)Cl)C[C@H](OC(=O)c2ccccc2)[C@@H](N)[C@H]([C@H](OC(C)=O)[C@H]2CNC(=O)[C@]3(C[C@H](OC(C)=O)[C@@H](N)[C@H]([C@H](OC(C)=O)[C@@H](COC(C)=O)OC(C)=O)O3)O2)O1.O=C(O)C(F)(F)F.O=C(O)C(F)(F)F. The van der Waals surface area contributed by atoms with Gasteiger partial charge in [-0.15, -0.1) is 0 Å². The van der Waals surface area contributed by atoms with Crippen molar-refractivity contribution < 1.29 is 194 Å². The lowest BCUT2D eigenvalue weighted by Gasteiger charge is -2.53. The molecule has 0 unspecified atom stereocenters. The van der Waals surface area contributed by atoms with E-state index in [0.717, 1.165) is 47.3 Å². The number of rotatable bonds is 36. The van der Waals surface area contributed by atoms with Crippen molar-refractivity contribution in [1.29, 1.82) is 0 Å². The van der Waals surface area contributed by atoms with Crippen LogP contribution in [0.15, 0.2) is 176 Å². The average Bonchev–Trinajstić information content (AvgIpc) is 0.735. The standard InChI is InChI=1S/C86H99Cl3N4O31.2C2HF3O2/c1-48(94)108-46-65(113-50(3)96)71(115-52(5)98)74-66(90)60(112-49(2)95)37-84(122-74)81(101)92-39-62(121-84)70(114-51(4)97)73-67(91)61(117-78(100)57-31-21-12-22-32-57)38-85(123-73,82(102)105-7)124-75-68(93-83(103)111-47-86(87,88)89)79(118-63(69(75)99)44-106-40-53-23-13-8-14-24-53)120-72-64(45-107-41-54-25-15-9-16-26-54)119-80(116-59-35-33-58(104-6)34-36-59)77(110-43-56-29-19-11-20-30-56)76(72)109-42-55-27-17-10-18-28-55;2*3-2(4,5)1(6)7/h8-36,60-77,79-80,99H,37-47,90-91H2,1-7H3,(H,92,101)(H,93,103);2*(H,6,7)/t60-,61-,62+,63+,64+,65+,66+,67+,68+,69-,70+,71+,72+,73+,74+,75+,76-,77+,79-,80+,84+,85-;;/m0../s1. The zero-order chi connectivity index (χ0) is 101. The molecule has 5 aliphatic rings. The summed E-state index contributed by atoms with van der Waals surface area (Å²) in [5, 5.41) is 33.1. The largest absolute Gasteiger partial charge is 0.497 e. The highest BCUT2D eigenvalue weighted by Gasteiger charge is 2.66. The van der Waals surface area contributed by atoms with E-state index >= 15 is 4.79 Å². The number of nitrogens with one attached hydrogen (secondary N) is 2. The lowest BCUT2D eigenvalue weighted by atomic mass is 9.86. The van der Waals surface area contributed by atoms with Gasteiger partial charge in [-0.3, -0.25) is 28.8 Å². The Bertz CT molecular complexity index is 4960. The summed E-state index contributed by atoms with van der Waals surface area (Å²) in [5.74, 6) is -19.4. The number of aliphatic hydroxyl groups excluding tert-OH is 1. The summed E-state index contributed by atoms with van der Waals surface area (Å²) in [6, 6.07) is 44.9. The van der Waals surface area contributed by atoms with Crippen molar-refractivity contribution in [2.75, 3.05) is 47.2 Å². The fraction of sp³-hybridized carbons (Fsp3) is 0.478. The van der Waals surface area contributed by atoms with Gasteiger partial charge in [0.25, 0.3) is 17.5 Å². The van der Waals surface area contributed by atoms with E-state index in [1.807, 2.05) is 91.0 Å². The number of aliphatic carboxylic acids is 2. The van der Waals surface area contributed by atoms with Crippen molar-refractivity contribution in [3.05, 3.63) is 204 Å². The zero-order valence-corrected chi connectivity index (χ0v) is 76.8. The normalized spacial score (nSPS) is 26.4. The molecule has 5 saturated heterocycles. The van der Waals surface area contributed by atoms with Crippen LogP contribution in [0.1, 0.15) is 80.1 Å². The first-order valence-electron chi connectivity index (χ1n) is 42.1. The number of morpholine rings is 1. The quantitative estimate of drug-likeness (QED) is 0.00852. The number of methoxy groups -OCH3 is 2. The van der Waals surface area contributed by atoms with Gasteiger partial charge in [0, 0.05) is 41.2 Å². The van der Waals surface area contributed by atoms with E-state index in [-0.39, 0.29) is 38.6 Å². The number of hydrogen-bond acceptors (Lipinski definition) is 35. The van der Waals surface area contributed by atoms with Crippen LogP contribution in [-0.4, -0.2) is 278 Å². The van der Waals surface area contributed by atoms with Gasteiger partial charge in [-0.05, 0) is 58.7 Å². The number of halogens is 9. The van der Waals surface area contributed by atoms with Gasteiger partial charge in [-0.25, -0.2) is 24.0 Å². The van der Waals surface area contributed by atoms with Gasteiger partial charge >= 0.3 is 72.2 Å². The van der Waals surface area contributed by atoms with E-state index in [9.17, 15) is 69.8 Å². The number of carboxylic acid groups (broad SMARTS) is 2. The number of aliphatic hydroxyl groups is 1. The molecule has 138 heavy (non-hydrogen) atoms. The molecule has 2 amide bonds. The lowest BCUT2D eigenvalue weighted by molar-refractivity contribution is -0.375. The minimum absolute atomic E-state index is 0.00276. The molecule has 9 N–H and O–H groups in total. The number of carboxylic acids is 2. The fourth-order valence-corrected chi connectivity index (χ4v) is 14.9. The van der Waals surface area contributed by atoms with Crippen LogP contribution >= 0.6 is 34.8 Å².